The van der Waals surface area contributed by atoms with Crippen molar-refractivity contribution in [1.29, 1.82) is 0 Å². The normalized spacial score (nSPS) is 13.2. The molecule has 1 rings (SSSR count). The molecular formula is C21H35O6P. The Hall–Kier alpha value is -1.43. The second kappa shape index (κ2) is 10.9. The molecule has 3 N–H and O–H groups in total. The van der Waals surface area contributed by atoms with Crippen LogP contribution < -0.4 is 0 Å². The van der Waals surface area contributed by atoms with Crippen LogP contribution >= 0.6 is 7.82 Å². The monoisotopic (exact) mass is 414 g/mol. The Morgan fingerprint density at radius 3 is 2.07 bits per heavy atom. The van der Waals surface area contributed by atoms with Gasteiger partial charge >= 0.3 is 7.82 Å². The summed E-state index contributed by atoms with van der Waals surface area (Å²) in [4.78, 5) is 21.6. The largest absolute Gasteiger partial charge is 0.496 e. The fourth-order valence-electron chi connectivity index (χ4n) is 2.30. The average Bonchev–Trinajstić information content (AvgIpc) is 2.50. The molecule has 0 bridgehead atoms. The van der Waals surface area contributed by atoms with Crippen LogP contribution in [0.4, 0.5) is 0 Å². The van der Waals surface area contributed by atoms with Crippen molar-refractivity contribution in [3.05, 3.63) is 47.5 Å². The molecule has 6 nitrogen and oxygen atoms in total. The molecule has 1 aromatic rings. The maximum absolute atomic E-state index is 8.88. The second-order valence-corrected chi connectivity index (χ2v) is 9.68. The van der Waals surface area contributed by atoms with E-state index in [0.29, 0.717) is 6.61 Å². The molecule has 0 fully saturated rings. The fourth-order valence-corrected chi connectivity index (χ4v) is 2.30. The van der Waals surface area contributed by atoms with E-state index in [0.717, 1.165) is 23.5 Å². The third-order valence-electron chi connectivity index (χ3n) is 3.55. The Bertz CT molecular complexity index is 696. The highest BCUT2D eigenvalue weighted by Gasteiger charge is 2.24. The van der Waals surface area contributed by atoms with E-state index in [1.165, 1.54) is 5.57 Å². The molecule has 0 aliphatic carbocycles. The minimum absolute atomic E-state index is 0.0343. The molecule has 1 aromatic carbocycles. The molecule has 0 saturated heterocycles. The molecule has 0 spiro atoms. The number of benzene rings is 1. The standard InChI is InChI=1S/C21H32O2.H3O4P/c1-9-16-11-10-12-17(13-16)19(22-8)18(21(5,6)7)14-23-15-20(2,3)4;1-5(2,3)4/h9-13H,1,14-15H2,2-8H3;(H3,1,2,3,4)/b19-18-;. The summed E-state index contributed by atoms with van der Waals surface area (Å²) in [6.45, 7) is 18.3. The molecule has 0 saturated carbocycles. The van der Waals surface area contributed by atoms with Crippen LogP contribution in [-0.4, -0.2) is 35.0 Å². The van der Waals surface area contributed by atoms with E-state index < -0.39 is 7.82 Å². The zero-order valence-corrected chi connectivity index (χ0v) is 18.9. The molecule has 0 radical (unpaired) electrons. The highest BCUT2D eigenvalue weighted by atomic mass is 31.2. The molecular weight excluding hydrogens is 379 g/mol. The number of hydrogen-bond acceptors (Lipinski definition) is 3. The maximum Gasteiger partial charge on any atom is 0.466 e. The molecule has 0 aliphatic heterocycles. The summed E-state index contributed by atoms with van der Waals surface area (Å²) in [5.74, 6) is 0.898. The molecule has 0 aromatic heterocycles. The van der Waals surface area contributed by atoms with Gasteiger partial charge < -0.3 is 24.2 Å². The van der Waals surface area contributed by atoms with Gasteiger partial charge in [0.1, 0.15) is 5.76 Å². The fraction of sp³-hybridized carbons (Fsp3) is 0.524. The summed E-state index contributed by atoms with van der Waals surface area (Å²) in [5.41, 5.74) is 3.44. The lowest BCUT2D eigenvalue weighted by molar-refractivity contribution is 0.0787. The Morgan fingerprint density at radius 2 is 1.68 bits per heavy atom. The molecule has 0 aliphatic rings. The summed E-state index contributed by atoms with van der Waals surface area (Å²) in [7, 11) is -2.91. The SMILES string of the molecule is C=Cc1cccc(/C(OC)=C(\COCC(C)(C)C)C(C)(C)C)c1.O=P(O)(O)O. The molecule has 28 heavy (non-hydrogen) atoms. The zero-order chi connectivity index (χ0) is 22.2. The first-order valence-electron chi connectivity index (χ1n) is 8.95. The third-order valence-corrected chi connectivity index (χ3v) is 3.55. The minimum atomic E-state index is -4.64. The summed E-state index contributed by atoms with van der Waals surface area (Å²) in [5, 5.41) is 0. The first-order chi connectivity index (χ1) is 12.6. The maximum atomic E-state index is 8.88. The van der Waals surface area contributed by atoms with Gasteiger partial charge in [-0.2, -0.15) is 0 Å². The first-order valence-corrected chi connectivity index (χ1v) is 10.5. The van der Waals surface area contributed by atoms with E-state index in [1.54, 1.807) is 7.11 Å². The molecule has 0 atom stereocenters. The minimum Gasteiger partial charge on any atom is -0.496 e. The van der Waals surface area contributed by atoms with E-state index in [4.69, 9.17) is 28.7 Å². The lowest BCUT2D eigenvalue weighted by atomic mass is 9.84. The van der Waals surface area contributed by atoms with Crippen molar-refractivity contribution in [1.82, 2.24) is 0 Å². The number of ether oxygens (including phenoxy) is 2. The second-order valence-electron chi connectivity index (χ2n) is 8.66. The lowest BCUT2D eigenvalue weighted by Gasteiger charge is -2.28. The van der Waals surface area contributed by atoms with Crippen LogP contribution in [0.1, 0.15) is 52.7 Å². The topological polar surface area (TPSA) is 96.2 Å². The van der Waals surface area contributed by atoms with E-state index in [2.05, 4.69) is 60.3 Å². The van der Waals surface area contributed by atoms with Crippen molar-refractivity contribution in [3.63, 3.8) is 0 Å². The highest BCUT2D eigenvalue weighted by molar-refractivity contribution is 7.45. The van der Waals surface area contributed by atoms with Crippen LogP contribution in [0.25, 0.3) is 11.8 Å². The number of hydrogen-bond donors (Lipinski definition) is 3. The molecule has 160 valence electrons. The van der Waals surface area contributed by atoms with Crippen molar-refractivity contribution >= 4 is 19.7 Å². The van der Waals surface area contributed by atoms with Gasteiger partial charge in [0.15, 0.2) is 0 Å². The summed E-state index contributed by atoms with van der Waals surface area (Å²) in [6, 6.07) is 8.24. The highest BCUT2D eigenvalue weighted by Crippen LogP contribution is 2.34. The van der Waals surface area contributed by atoms with Crippen LogP contribution in [-0.2, 0) is 14.0 Å². The quantitative estimate of drug-likeness (QED) is 0.454. The Kier molecular flexibility index (Phi) is 10.4. The van der Waals surface area contributed by atoms with Gasteiger partial charge in [-0.3, -0.25) is 0 Å². The van der Waals surface area contributed by atoms with Crippen LogP contribution in [0.15, 0.2) is 36.4 Å². The average molecular weight is 414 g/mol. The van der Waals surface area contributed by atoms with Crippen molar-refractivity contribution < 1.29 is 28.7 Å². The zero-order valence-electron chi connectivity index (χ0n) is 18.0. The number of phosphoric acid groups is 1. The third kappa shape index (κ3) is 12.1. The Morgan fingerprint density at radius 1 is 1.14 bits per heavy atom. The van der Waals surface area contributed by atoms with Gasteiger partial charge in [-0.05, 0) is 22.5 Å². The smallest absolute Gasteiger partial charge is 0.466 e. The summed E-state index contributed by atoms with van der Waals surface area (Å²) < 4.78 is 20.6. The van der Waals surface area contributed by atoms with Gasteiger partial charge in [0, 0.05) is 11.1 Å². The predicted octanol–water partition coefficient (Wildman–Crippen LogP) is 4.87. The van der Waals surface area contributed by atoms with E-state index in [1.807, 2.05) is 18.2 Å². The van der Waals surface area contributed by atoms with Gasteiger partial charge in [-0.15, -0.1) is 0 Å². The van der Waals surface area contributed by atoms with Crippen molar-refractivity contribution in [2.45, 2.75) is 41.5 Å². The Balaban J connectivity index is 0.00000129. The first kappa shape index (κ1) is 26.6. The molecule has 0 heterocycles. The summed E-state index contributed by atoms with van der Waals surface area (Å²) in [6.07, 6.45) is 1.85. The van der Waals surface area contributed by atoms with Gasteiger partial charge in [0.05, 0.1) is 20.3 Å². The predicted molar refractivity (Wildman–Crippen MR) is 114 cm³/mol. The van der Waals surface area contributed by atoms with Crippen LogP contribution in [0.2, 0.25) is 0 Å². The summed E-state index contributed by atoms with van der Waals surface area (Å²) >= 11 is 0. The van der Waals surface area contributed by atoms with Crippen LogP contribution in [0, 0.1) is 10.8 Å². The molecule has 7 heteroatoms. The molecule has 0 amide bonds. The lowest BCUT2D eigenvalue weighted by Crippen LogP contribution is -2.21. The number of methoxy groups -OCH3 is 1. The van der Waals surface area contributed by atoms with Gasteiger partial charge in [0.25, 0.3) is 0 Å². The van der Waals surface area contributed by atoms with Crippen LogP contribution in [0.3, 0.4) is 0 Å². The van der Waals surface area contributed by atoms with Gasteiger partial charge in [-0.1, -0.05) is 72.4 Å². The number of rotatable bonds is 6. The molecule has 0 unspecified atom stereocenters. The van der Waals surface area contributed by atoms with Crippen molar-refractivity contribution in [2.24, 2.45) is 10.8 Å². The van der Waals surface area contributed by atoms with E-state index >= 15 is 0 Å². The van der Waals surface area contributed by atoms with E-state index in [9.17, 15) is 0 Å². The van der Waals surface area contributed by atoms with Crippen LogP contribution in [0.5, 0.6) is 0 Å². The van der Waals surface area contributed by atoms with Gasteiger partial charge in [-0.25, -0.2) is 4.57 Å². The van der Waals surface area contributed by atoms with Crippen molar-refractivity contribution in [2.75, 3.05) is 20.3 Å². The van der Waals surface area contributed by atoms with Gasteiger partial charge in [0.2, 0.25) is 0 Å². The Labute approximate surface area is 169 Å². The van der Waals surface area contributed by atoms with E-state index in [-0.39, 0.29) is 10.8 Å². The van der Waals surface area contributed by atoms with Crippen molar-refractivity contribution in [3.8, 4) is 0 Å².